The SMILES string of the molecule is OCC#Cc1cc(F)cc(OC2CCCCCC2)c1. The Kier molecular flexibility index (Phi) is 5.23. The molecule has 102 valence electrons. The van der Waals surface area contributed by atoms with E-state index in [-0.39, 0.29) is 18.5 Å². The molecule has 0 atom stereocenters. The number of ether oxygens (including phenoxy) is 1. The van der Waals surface area contributed by atoms with Crippen molar-refractivity contribution in [3.63, 3.8) is 0 Å². The molecule has 1 saturated carbocycles. The summed E-state index contributed by atoms with van der Waals surface area (Å²) in [5, 5.41) is 8.66. The topological polar surface area (TPSA) is 29.5 Å². The maximum atomic E-state index is 13.5. The van der Waals surface area contributed by atoms with Gasteiger partial charge >= 0.3 is 0 Å². The van der Waals surface area contributed by atoms with Crippen molar-refractivity contribution in [3.8, 4) is 17.6 Å². The van der Waals surface area contributed by atoms with Gasteiger partial charge in [0, 0.05) is 11.6 Å². The first kappa shape index (κ1) is 13.9. The molecule has 3 heteroatoms. The van der Waals surface area contributed by atoms with E-state index < -0.39 is 0 Å². The normalized spacial score (nSPS) is 16.3. The van der Waals surface area contributed by atoms with Gasteiger partial charge in [0.15, 0.2) is 0 Å². The first-order chi connectivity index (χ1) is 9.28. The highest BCUT2D eigenvalue weighted by molar-refractivity contribution is 5.40. The largest absolute Gasteiger partial charge is 0.490 e. The Bertz CT molecular complexity index is 465. The lowest BCUT2D eigenvalue weighted by Gasteiger charge is -2.17. The van der Waals surface area contributed by atoms with Gasteiger partial charge < -0.3 is 9.84 Å². The van der Waals surface area contributed by atoms with Crippen LogP contribution in [0.4, 0.5) is 4.39 Å². The predicted molar refractivity (Wildman–Crippen MR) is 72.5 cm³/mol. The Hall–Kier alpha value is -1.53. The number of aliphatic hydroxyl groups excluding tert-OH is 1. The van der Waals surface area contributed by atoms with E-state index in [2.05, 4.69) is 11.8 Å². The summed E-state index contributed by atoms with van der Waals surface area (Å²) in [4.78, 5) is 0. The monoisotopic (exact) mass is 262 g/mol. The van der Waals surface area contributed by atoms with Gasteiger partial charge in [-0.05, 0) is 37.8 Å². The van der Waals surface area contributed by atoms with Crippen LogP contribution in [0.1, 0.15) is 44.1 Å². The van der Waals surface area contributed by atoms with Gasteiger partial charge in [-0.3, -0.25) is 0 Å². The zero-order valence-corrected chi connectivity index (χ0v) is 11.0. The number of hydrogen-bond donors (Lipinski definition) is 1. The second kappa shape index (κ2) is 7.16. The number of halogens is 1. The molecule has 0 unspecified atom stereocenters. The highest BCUT2D eigenvalue weighted by Crippen LogP contribution is 2.24. The minimum Gasteiger partial charge on any atom is -0.490 e. The van der Waals surface area contributed by atoms with Gasteiger partial charge in [0.2, 0.25) is 0 Å². The molecule has 1 aromatic rings. The van der Waals surface area contributed by atoms with Gasteiger partial charge in [0.25, 0.3) is 0 Å². The molecule has 0 aliphatic heterocycles. The number of aliphatic hydroxyl groups is 1. The molecule has 1 aliphatic carbocycles. The van der Waals surface area contributed by atoms with Gasteiger partial charge in [-0.25, -0.2) is 4.39 Å². The molecule has 19 heavy (non-hydrogen) atoms. The predicted octanol–water partition coefficient (Wildman–Crippen LogP) is 3.27. The average molecular weight is 262 g/mol. The van der Waals surface area contributed by atoms with Crippen LogP contribution in [0, 0.1) is 17.7 Å². The molecule has 0 radical (unpaired) electrons. The van der Waals surface area contributed by atoms with E-state index in [1.165, 1.54) is 37.8 Å². The molecule has 1 aromatic carbocycles. The van der Waals surface area contributed by atoms with Crippen molar-refractivity contribution in [2.45, 2.75) is 44.6 Å². The summed E-state index contributed by atoms with van der Waals surface area (Å²) < 4.78 is 19.3. The maximum absolute atomic E-state index is 13.5. The summed E-state index contributed by atoms with van der Waals surface area (Å²) in [7, 11) is 0. The molecule has 1 aliphatic rings. The smallest absolute Gasteiger partial charge is 0.128 e. The first-order valence-corrected chi connectivity index (χ1v) is 6.85. The van der Waals surface area contributed by atoms with Gasteiger partial charge in [-0.15, -0.1) is 0 Å². The fraction of sp³-hybridized carbons (Fsp3) is 0.500. The summed E-state index contributed by atoms with van der Waals surface area (Å²) in [5.74, 6) is 5.40. The standard InChI is InChI=1S/C16H19FO2/c17-14-10-13(6-5-9-18)11-16(12-14)19-15-7-3-1-2-4-8-15/h10-12,15,18H,1-4,7-9H2. The molecule has 0 saturated heterocycles. The van der Waals surface area contributed by atoms with Crippen LogP contribution in [0.5, 0.6) is 5.75 Å². The molecule has 2 rings (SSSR count). The van der Waals surface area contributed by atoms with Crippen molar-refractivity contribution in [2.24, 2.45) is 0 Å². The number of rotatable bonds is 2. The Labute approximate surface area is 113 Å². The second-order valence-corrected chi connectivity index (χ2v) is 4.87. The van der Waals surface area contributed by atoms with E-state index >= 15 is 0 Å². The highest BCUT2D eigenvalue weighted by atomic mass is 19.1. The van der Waals surface area contributed by atoms with Crippen molar-refractivity contribution in [1.82, 2.24) is 0 Å². The van der Waals surface area contributed by atoms with E-state index in [1.807, 2.05) is 0 Å². The van der Waals surface area contributed by atoms with Crippen LogP contribution in [0.25, 0.3) is 0 Å². The quantitative estimate of drug-likeness (QED) is 0.654. The van der Waals surface area contributed by atoms with Crippen LogP contribution < -0.4 is 4.74 Å². The lowest BCUT2D eigenvalue weighted by atomic mass is 10.1. The van der Waals surface area contributed by atoms with E-state index in [4.69, 9.17) is 9.84 Å². The van der Waals surface area contributed by atoms with E-state index in [0.717, 1.165) is 12.8 Å². The summed E-state index contributed by atoms with van der Waals surface area (Å²) in [6, 6.07) is 4.48. The van der Waals surface area contributed by atoms with Crippen LogP contribution in [-0.4, -0.2) is 17.8 Å². The summed E-state index contributed by atoms with van der Waals surface area (Å²) in [6.45, 7) is -0.227. The molecule has 0 aromatic heterocycles. The third-order valence-corrected chi connectivity index (χ3v) is 3.29. The van der Waals surface area contributed by atoms with E-state index in [1.54, 1.807) is 6.07 Å². The van der Waals surface area contributed by atoms with Crippen LogP contribution >= 0.6 is 0 Å². The van der Waals surface area contributed by atoms with Crippen molar-refractivity contribution in [3.05, 3.63) is 29.6 Å². The van der Waals surface area contributed by atoms with E-state index in [0.29, 0.717) is 11.3 Å². The molecular formula is C16H19FO2. The number of benzene rings is 1. The fourth-order valence-electron chi connectivity index (χ4n) is 2.40. The fourth-order valence-corrected chi connectivity index (χ4v) is 2.40. The zero-order chi connectivity index (χ0) is 13.5. The molecule has 1 fully saturated rings. The zero-order valence-electron chi connectivity index (χ0n) is 11.0. The second-order valence-electron chi connectivity index (χ2n) is 4.87. The summed E-state index contributed by atoms with van der Waals surface area (Å²) in [6.07, 6.45) is 7.13. The molecule has 0 heterocycles. The Balaban J connectivity index is 2.08. The summed E-state index contributed by atoms with van der Waals surface area (Å²) in [5.41, 5.74) is 0.540. The van der Waals surface area contributed by atoms with Crippen LogP contribution in [0.2, 0.25) is 0 Å². The molecule has 0 amide bonds. The maximum Gasteiger partial charge on any atom is 0.128 e. The third-order valence-electron chi connectivity index (χ3n) is 3.29. The van der Waals surface area contributed by atoms with Crippen molar-refractivity contribution in [2.75, 3.05) is 6.61 Å². The minimum atomic E-state index is -0.353. The van der Waals surface area contributed by atoms with Crippen LogP contribution in [0.3, 0.4) is 0 Å². The first-order valence-electron chi connectivity index (χ1n) is 6.85. The molecular weight excluding hydrogens is 243 g/mol. The molecule has 1 N–H and O–H groups in total. The molecule has 2 nitrogen and oxygen atoms in total. The molecule has 0 spiro atoms. The van der Waals surface area contributed by atoms with Gasteiger partial charge in [-0.2, -0.15) is 0 Å². The van der Waals surface area contributed by atoms with Crippen molar-refractivity contribution >= 4 is 0 Å². The Morgan fingerprint density at radius 2 is 1.89 bits per heavy atom. The number of hydrogen-bond acceptors (Lipinski definition) is 2. The molecule has 0 bridgehead atoms. The third kappa shape index (κ3) is 4.57. The Morgan fingerprint density at radius 3 is 2.58 bits per heavy atom. The van der Waals surface area contributed by atoms with Gasteiger partial charge in [0.05, 0.1) is 6.10 Å². The lowest BCUT2D eigenvalue weighted by Crippen LogP contribution is -2.15. The van der Waals surface area contributed by atoms with Crippen molar-refractivity contribution in [1.29, 1.82) is 0 Å². The van der Waals surface area contributed by atoms with E-state index in [9.17, 15) is 4.39 Å². The minimum absolute atomic E-state index is 0.183. The van der Waals surface area contributed by atoms with Crippen LogP contribution in [0.15, 0.2) is 18.2 Å². The Morgan fingerprint density at radius 1 is 1.16 bits per heavy atom. The van der Waals surface area contributed by atoms with Crippen LogP contribution in [-0.2, 0) is 0 Å². The summed E-state index contributed by atoms with van der Waals surface area (Å²) >= 11 is 0. The van der Waals surface area contributed by atoms with Gasteiger partial charge in [-0.1, -0.05) is 24.7 Å². The highest BCUT2D eigenvalue weighted by Gasteiger charge is 2.14. The lowest BCUT2D eigenvalue weighted by molar-refractivity contribution is 0.183. The van der Waals surface area contributed by atoms with Gasteiger partial charge in [0.1, 0.15) is 18.2 Å². The average Bonchev–Trinajstić information content (AvgIpc) is 2.64. The van der Waals surface area contributed by atoms with Crippen molar-refractivity contribution < 1.29 is 14.2 Å².